The van der Waals surface area contributed by atoms with Gasteiger partial charge in [-0.2, -0.15) is 5.10 Å². The summed E-state index contributed by atoms with van der Waals surface area (Å²) in [5.41, 5.74) is 3.49. The molecule has 1 aromatic heterocycles. The van der Waals surface area contributed by atoms with Crippen LogP contribution in [0.1, 0.15) is 34.7 Å². The van der Waals surface area contributed by atoms with E-state index in [0.29, 0.717) is 18.4 Å². The molecule has 2 N–H and O–H groups in total. The molecule has 7 nitrogen and oxygen atoms in total. The van der Waals surface area contributed by atoms with Crippen molar-refractivity contribution in [1.82, 2.24) is 19.8 Å². The van der Waals surface area contributed by atoms with Crippen LogP contribution in [0.15, 0.2) is 65.8 Å². The quantitative estimate of drug-likeness (QED) is 0.535. The van der Waals surface area contributed by atoms with Crippen LogP contribution in [0.3, 0.4) is 0 Å². The monoisotopic (exact) mass is 440 g/mol. The minimum Gasteiger partial charge on any atom is -0.348 e. The Labute approximate surface area is 183 Å². The number of carbonyl (C=O) groups excluding carboxylic acids is 1. The summed E-state index contributed by atoms with van der Waals surface area (Å²) in [6.45, 7) is 3.75. The Balaban J connectivity index is 1.69. The van der Waals surface area contributed by atoms with Gasteiger partial charge in [-0.25, -0.2) is 13.1 Å². The maximum absolute atomic E-state index is 12.9. The summed E-state index contributed by atoms with van der Waals surface area (Å²) in [7, 11) is -1.88. The highest BCUT2D eigenvalue weighted by atomic mass is 32.2. The zero-order valence-electron chi connectivity index (χ0n) is 18.0. The fraction of sp³-hybridized carbons (Fsp3) is 0.304. The van der Waals surface area contributed by atoms with Gasteiger partial charge >= 0.3 is 0 Å². The molecule has 31 heavy (non-hydrogen) atoms. The van der Waals surface area contributed by atoms with Gasteiger partial charge in [-0.15, -0.1) is 0 Å². The Bertz CT molecular complexity index is 1140. The fourth-order valence-corrected chi connectivity index (χ4v) is 4.71. The molecule has 2 aromatic carbocycles. The predicted molar refractivity (Wildman–Crippen MR) is 120 cm³/mol. The van der Waals surface area contributed by atoms with Crippen molar-refractivity contribution in [3.63, 3.8) is 0 Å². The van der Waals surface area contributed by atoms with Gasteiger partial charge in [-0.1, -0.05) is 48.0 Å². The number of hydrogen-bond acceptors (Lipinski definition) is 4. The number of amides is 1. The topological polar surface area (TPSA) is 93.1 Å². The van der Waals surface area contributed by atoms with E-state index < -0.39 is 16.1 Å². The first-order valence-corrected chi connectivity index (χ1v) is 11.6. The highest BCUT2D eigenvalue weighted by Crippen LogP contribution is 2.18. The number of aryl methyl sites for hydroxylation is 4. The second-order valence-corrected chi connectivity index (χ2v) is 9.41. The van der Waals surface area contributed by atoms with Gasteiger partial charge in [0, 0.05) is 26.2 Å². The number of nitrogens with one attached hydrogen (secondary N) is 2. The molecule has 0 saturated carbocycles. The first kappa shape index (κ1) is 22.7. The van der Waals surface area contributed by atoms with E-state index in [2.05, 4.69) is 15.1 Å². The molecule has 3 aromatic rings. The maximum atomic E-state index is 12.9. The molecule has 0 unspecified atom stereocenters. The van der Waals surface area contributed by atoms with Crippen molar-refractivity contribution in [2.75, 3.05) is 6.54 Å². The molecule has 3 rings (SSSR count). The van der Waals surface area contributed by atoms with Crippen molar-refractivity contribution in [3.8, 4) is 0 Å². The molecule has 8 heteroatoms. The van der Waals surface area contributed by atoms with Gasteiger partial charge in [0.1, 0.15) is 0 Å². The van der Waals surface area contributed by atoms with Crippen molar-refractivity contribution in [2.24, 2.45) is 7.05 Å². The number of carbonyl (C=O) groups is 1. The van der Waals surface area contributed by atoms with Gasteiger partial charge in [0.2, 0.25) is 15.9 Å². The van der Waals surface area contributed by atoms with Crippen molar-refractivity contribution in [2.45, 2.75) is 37.6 Å². The first-order valence-electron chi connectivity index (χ1n) is 10.1. The van der Waals surface area contributed by atoms with E-state index in [0.717, 1.165) is 16.7 Å². The number of hydrogen-bond donors (Lipinski definition) is 2. The molecule has 0 aliphatic carbocycles. The van der Waals surface area contributed by atoms with Gasteiger partial charge in [0.25, 0.3) is 0 Å². The molecular formula is C23H28N4O3S. The van der Waals surface area contributed by atoms with Gasteiger partial charge in [0.05, 0.1) is 17.1 Å². The normalized spacial score (nSPS) is 12.5. The predicted octanol–water partition coefficient (Wildman–Crippen LogP) is 2.81. The highest BCUT2D eigenvalue weighted by Gasteiger charge is 2.21. The molecule has 1 heterocycles. The number of nitrogens with zero attached hydrogens (tertiary/aromatic N) is 2. The van der Waals surface area contributed by atoms with Crippen LogP contribution in [0.5, 0.6) is 0 Å². The zero-order valence-corrected chi connectivity index (χ0v) is 18.8. The second-order valence-electron chi connectivity index (χ2n) is 7.67. The largest absolute Gasteiger partial charge is 0.348 e. The van der Waals surface area contributed by atoms with Crippen LogP contribution in [0.25, 0.3) is 0 Å². The van der Waals surface area contributed by atoms with Crippen molar-refractivity contribution in [3.05, 3.63) is 83.2 Å². The summed E-state index contributed by atoms with van der Waals surface area (Å²) in [6.07, 6.45) is 4.47. The minimum atomic E-state index is -3.71. The van der Waals surface area contributed by atoms with Crippen LogP contribution >= 0.6 is 0 Å². The Hall–Kier alpha value is -2.97. The SMILES string of the molecule is Cc1ccc(S(=O)(=O)NC[C@@H](NC(=O)CCc2cnn(C)c2)c2ccccc2)c(C)c1. The summed E-state index contributed by atoms with van der Waals surface area (Å²) in [6, 6.07) is 14.1. The molecule has 0 fully saturated rings. The lowest BCUT2D eigenvalue weighted by Gasteiger charge is -2.20. The van der Waals surface area contributed by atoms with Gasteiger partial charge in [-0.3, -0.25) is 9.48 Å². The molecular weight excluding hydrogens is 412 g/mol. The van der Waals surface area contributed by atoms with E-state index in [1.807, 2.05) is 56.6 Å². The Kier molecular flexibility index (Phi) is 7.25. The van der Waals surface area contributed by atoms with Gasteiger partial charge < -0.3 is 5.32 Å². The lowest BCUT2D eigenvalue weighted by Crippen LogP contribution is -2.38. The van der Waals surface area contributed by atoms with Crippen molar-refractivity contribution < 1.29 is 13.2 Å². The highest BCUT2D eigenvalue weighted by molar-refractivity contribution is 7.89. The van der Waals surface area contributed by atoms with E-state index in [9.17, 15) is 13.2 Å². The maximum Gasteiger partial charge on any atom is 0.240 e. The Morgan fingerprint density at radius 3 is 2.52 bits per heavy atom. The van der Waals surface area contributed by atoms with Crippen LogP contribution in [0, 0.1) is 13.8 Å². The summed E-state index contributed by atoms with van der Waals surface area (Å²) >= 11 is 0. The molecule has 0 radical (unpaired) electrons. The van der Waals surface area contributed by atoms with Crippen molar-refractivity contribution >= 4 is 15.9 Å². The van der Waals surface area contributed by atoms with Crippen LogP contribution in [-0.2, 0) is 28.3 Å². The van der Waals surface area contributed by atoms with Crippen LogP contribution in [0.2, 0.25) is 0 Å². The molecule has 0 aliphatic rings. The van der Waals surface area contributed by atoms with Gasteiger partial charge in [-0.05, 0) is 43.0 Å². The Morgan fingerprint density at radius 2 is 1.87 bits per heavy atom. The standard InChI is InChI=1S/C23H28N4O3S/c1-17-9-11-22(18(2)13-17)31(29,30)25-15-21(20-7-5-4-6-8-20)26-23(28)12-10-19-14-24-27(3)16-19/h4-9,11,13-14,16,21,25H,10,12,15H2,1-3H3,(H,26,28)/t21-/m1/s1. The van der Waals surface area contributed by atoms with E-state index in [4.69, 9.17) is 0 Å². The average molecular weight is 441 g/mol. The molecule has 1 atom stereocenters. The molecule has 1 amide bonds. The number of benzene rings is 2. The van der Waals surface area contributed by atoms with E-state index in [-0.39, 0.29) is 17.3 Å². The molecule has 0 saturated heterocycles. The number of sulfonamides is 1. The van der Waals surface area contributed by atoms with E-state index >= 15 is 0 Å². The van der Waals surface area contributed by atoms with Crippen LogP contribution < -0.4 is 10.0 Å². The summed E-state index contributed by atoms with van der Waals surface area (Å²) in [4.78, 5) is 12.8. The second kappa shape index (κ2) is 9.89. The lowest BCUT2D eigenvalue weighted by molar-refractivity contribution is -0.121. The zero-order chi connectivity index (χ0) is 22.4. The molecule has 164 valence electrons. The third-order valence-corrected chi connectivity index (χ3v) is 6.62. The molecule has 0 bridgehead atoms. The third-order valence-electron chi connectivity index (χ3n) is 5.03. The van der Waals surface area contributed by atoms with Crippen LogP contribution in [-0.4, -0.2) is 30.7 Å². The fourth-order valence-electron chi connectivity index (χ4n) is 3.43. The summed E-state index contributed by atoms with van der Waals surface area (Å²) < 4.78 is 30.1. The summed E-state index contributed by atoms with van der Waals surface area (Å²) in [5, 5.41) is 7.07. The number of aromatic nitrogens is 2. The third kappa shape index (κ3) is 6.26. The lowest BCUT2D eigenvalue weighted by atomic mass is 10.1. The Morgan fingerprint density at radius 1 is 1.13 bits per heavy atom. The number of rotatable bonds is 9. The first-order chi connectivity index (χ1) is 14.7. The van der Waals surface area contributed by atoms with Crippen molar-refractivity contribution in [1.29, 1.82) is 0 Å². The van der Waals surface area contributed by atoms with Gasteiger partial charge in [0.15, 0.2) is 0 Å². The van der Waals surface area contributed by atoms with E-state index in [1.54, 1.807) is 29.9 Å². The van der Waals surface area contributed by atoms with E-state index in [1.165, 1.54) is 0 Å². The molecule has 0 spiro atoms. The summed E-state index contributed by atoms with van der Waals surface area (Å²) in [5.74, 6) is -0.150. The van der Waals surface area contributed by atoms with Crippen LogP contribution in [0.4, 0.5) is 0 Å². The minimum absolute atomic E-state index is 0.0539. The smallest absolute Gasteiger partial charge is 0.240 e. The molecule has 0 aliphatic heterocycles. The average Bonchev–Trinajstić information content (AvgIpc) is 3.15.